The molecule has 0 saturated carbocycles. The second kappa shape index (κ2) is 12.7. The van der Waals surface area contributed by atoms with Crippen molar-refractivity contribution in [3.05, 3.63) is 78.0 Å². The van der Waals surface area contributed by atoms with Gasteiger partial charge in [0.05, 0.1) is 0 Å². The largest absolute Gasteiger partial charge is 0.487 e. The first-order chi connectivity index (χ1) is 17.3. The number of hydrogen-bond acceptors (Lipinski definition) is 4. The van der Waals surface area contributed by atoms with E-state index in [1.807, 2.05) is 70.2 Å². The van der Waals surface area contributed by atoms with Gasteiger partial charge in [0.15, 0.2) is 0 Å². The third-order valence-electron chi connectivity index (χ3n) is 6.24. The number of hydrogen-bond donors (Lipinski definition) is 3. The Balaban J connectivity index is 1.96. The molecule has 3 amide bonds. The first kappa shape index (κ1) is 26.7. The molecule has 0 saturated heterocycles. The van der Waals surface area contributed by atoms with Gasteiger partial charge in [-0.25, -0.2) is 0 Å². The average Bonchev–Trinajstić information content (AvgIpc) is 2.88. The summed E-state index contributed by atoms with van der Waals surface area (Å²) >= 11 is 0. The summed E-state index contributed by atoms with van der Waals surface area (Å²) in [7, 11) is 0. The molecular formula is C29H35N3O4. The maximum atomic E-state index is 13.6. The lowest BCUT2D eigenvalue weighted by atomic mass is 9.95. The number of carbonyl (C=O) groups excluding carboxylic acids is 3. The molecule has 0 radical (unpaired) electrons. The van der Waals surface area contributed by atoms with Gasteiger partial charge in [0.2, 0.25) is 17.7 Å². The van der Waals surface area contributed by atoms with Crippen molar-refractivity contribution in [2.45, 2.75) is 52.3 Å². The van der Waals surface area contributed by atoms with Crippen molar-refractivity contribution < 1.29 is 19.1 Å². The fourth-order valence-corrected chi connectivity index (χ4v) is 3.89. The molecule has 2 aliphatic rings. The van der Waals surface area contributed by atoms with Crippen LogP contribution in [0.25, 0.3) is 12.2 Å². The number of benzene rings is 2. The van der Waals surface area contributed by atoms with E-state index >= 15 is 0 Å². The predicted molar refractivity (Wildman–Crippen MR) is 142 cm³/mol. The quantitative estimate of drug-likeness (QED) is 0.536. The molecule has 2 aromatic carbocycles. The predicted octanol–water partition coefficient (Wildman–Crippen LogP) is 3.92. The number of ether oxygens (including phenoxy) is 1. The first-order valence-corrected chi connectivity index (χ1v) is 12.4. The lowest BCUT2D eigenvalue weighted by Crippen LogP contribution is -2.60. The summed E-state index contributed by atoms with van der Waals surface area (Å²) < 4.78 is 6.24. The molecule has 0 spiro atoms. The normalized spacial score (nSPS) is 21.4. The van der Waals surface area contributed by atoms with Crippen molar-refractivity contribution >= 4 is 29.9 Å². The molecule has 4 atom stereocenters. The van der Waals surface area contributed by atoms with Crippen LogP contribution in [0.5, 0.6) is 5.75 Å². The number of carbonyl (C=O) groups is 3. The maximum Gasteiger partial charge on any atom is 0.247 e. The molecule has 2 aromatic rings. The molecule has 3 N–H and O–H groups in total. The summed E-state index contributed by atoms with van der Waals surface area (Å²) in [4.78, 5) is 39.5. The molecular weight excluding hydrogens is 454 g/mol. The summed E-state index contributed by atoms with van der Waals surface area (Å²) in [6, 6.07) is 14.9. The minimum absolute atomic E-state index is 0.123. The van der Waals surface area contributed by atoms with Crippen LogP contribution >= 0.6 is 0 Å². The van der Waals surface area contributed by atoms with Gasteiger partial charge in [-0.2, -0.15) is 0 Å². The Labute approximate surface area is 213 Å². The smallest absolute Gasteiger partial charge is 0.247 e. The van der Waals surface area contributed by atoms with Gasteiger partial charge < -0.3 is 20.7 Å². The molecule has 7 heteroatoms. The third-order valence-corrected chi connectivity index (χ3v) is 6.24. The monoisotopic (exact) mass is 489 g/mol. The maximum absolute atomic E-state index is 13.6. The van der Waals surface area contributed by atoms with E-state index < -0.39 is 30.0 Å². The molecule has 0 aromatic heterocycles. The van der Waals surface area contributed by atoms with Crippen LogP contribution in [0.2, 0.25) is 0 Å². The van der Waals surface area contributed by atoms with E-state index in [2.05, 4.69) is 16.0 Å². The minimum atomic E-state index is -1.03. The van der Waals surface area contributed by atoms with E-state index in [1.165, 1.54) is 6.08 Å². The molecule has 7 nitrogen and oxygen atoms in total. The highest BCUT2D eigenvalue weighted by molar-refractivity contribution is 5.97. The SMILES string of the molecule is CCC(C)C1NC(=O)C(NC(=O)C=Cc2ccccc2)C(C(C)C)Oc2ccc(cc2)C=CNC1=O. The molecule has 4 rings (SSSR count). The highest BCUT2D eigenvalue weighted by Crippen LogP contribution is 2.21. The number of amides is 3. The van der Waals surface area contributed by atoms with Gasteiger partial charge in [-0.1, -0.05) is 76.6 Å². The summed E-state index contributed by atoms with van der Waals surface area (Å²) in [5.41, 5.74) is 1.75. The molecule has 190 valence electrons. The number of nitrogens with one attached hydrogen (secondary N) is 3. The van der Waals surface area contributed by atoms with Crippen molar-refractivity contribution in [1.82, 2.24) is 16.0 Å². The summed E-state index contributed by atoms with van der Waals surface area (Å²) in [6.07, 6.45) is 6.43. The van der Waals surface area contributed by atoms with Crippen molar-refractivity contribution in [2.24, 2.45) is 11.8 Å². The first-order valence-electron chi connectivity index (χ1n) is 12.4. The van der Waals surface area contributed by atoms with Crippen LogP contribution in [0.4, 0.5) is 0 Å². The van der Waals surface area contributed by atoms with Crippen LogP contribution in [0.3, 0.4) is 0 Å². The van der Waals surface area contributed by atoms with E-state index in [0.717, 1.165) is 11.1 Å². The number of fused-ring (bicyclic) bond motifs is 10. The lowest BCUT2D eigenvalue weighted by molar-refractivity contribution is -0.134. The fourth-order valence-electron chi connectivity index (χ4n) is 3.89. The van der Waals surface area contributed by atoms with Gasteiger partial charge in [-0.15, -0.1) is 0 Å². The lowest BCUT2D eigenvalue weighted by Gasteiger charge is -2.32. The van der Waals surface area contributed by atoms with Gasteiger partial charge in [0, 0.05) is 12.3 Å². The fraction of sp³-hybridized carbons (Fsp3) is 0.345. The Hall–Kier alpha value is -3.87. The average molecular weight is 490 g/mol. The Morgan fingerprint density at radius 2 is 1.72 bits per heavy atom. The van der Waals surface area contributed by atoms with Crippen LogP contribution in [-0.4, -0.2) is 35.9 Å². The van der Waals surface area contributed by atoms with E-state index in [1.54, 1.807) is 30.5 Å². The zero-order chi connectivity index (χ0) is 26.1. The van der Waals surface area contributed by atoms with Crippen molar-refractivity contribution in [2.75, 3.05) is 0 Å². The Morgan fingerprint density at radius 1 is 1.03 bits per heavy atom. The van der Waals surface area contributed by atoms with Crippen molar-refractivity contribution in [3.8, 4) is 5.75 Å². The van der Waals surface area contributed by atoms with Gasteiger partial charge in [0.25, 0.3) is 0 Å². The van der Waals surface area contributed by atoms with E-state index in [9.17, 15) is 14.4 Å². The van der Waals surface area contributed by atoms with Crippen LogP contribution in [0.1, 0.15) is 45.2 Å². The van der Waals surface area contributed by atoms with Crippen LogP contribution in [-0.2, 0) is 14.4 Å². The Morgan fingerprint density at radius 3 is 2.36 bits per heavy atom. The second-order valence-corrected chi connectivity index (χ2v) is 9.34. The Kier molecular flexibility index (Phi) is 9.45. The molecule has 2 aliphatic heterocycles. The number of rotatable bonds is 6. The minimum Gasteiger partial charge on any atom is -0.487 e. The van der Waals surface area contributed by atoms with Gasteiger partial charge >= 0.3 is 0 Å². The van der Waals surface area contributed by atoms with Gasteiger partial charge in [0.1, 0.15) is 23.9 Å². The van der Waals surface area contributed by atoms with Gasteiger partial charge in [-0.3, -0.25) is 14.4 Å². The van der Waals surface area contributed by atoms with E-state index in [4.69, 9.17) is 4.74 Å². The highest BCUT2D eigenvalue weighted by Gasteiger charge is 2.36. The molecule has 0 aliphatic carbocycles. The van der Waals surface area contributed by atoms with Crippen LogP contribution in [0, 0.1) is 11.8 Å². The Bertz CT molecular complexity index is 1090. The molecule has 36 heavy (non-hydrogen) atoms. The molecule has 2 bridgehead atoms. The third kappa shape index (κ3) is 7.31. The van der Waals surface area contributed by atoms with E-state index in [-0.39, 0.29) is 17.7 Å². The van der Waals surface area contributed by atoms with Crippen molar-refractivity contribution in [3.63, 3.8) is 0 Å². The van der Waals surface area contributed by atoms with Crippen LogP contribution < -0.4 is 20.7 Å². The zero-order valence-corrected chi connectivity index (χ0v) is 21.2. The van der Waals surface area contributed by atoms with Gasteiger partial charge in [-0.05, 0) is 47.2 Å². The standard InChI is InChI=1S/C29H35N3O4/c1-5-20(4)25-28(34)30-18-17-22-11-14-23(15-12-22)36-27(19(2)3)26(29(35)32-25)31-24(33)16-13-21-9-7-6-8-10-21/h6-20,25-27H,5H2,1-4H3,(H,30,34)(H,31,33)(H,32,35). The van der Waals surface area contributed by atoms with E-state index in [0.29, 0.717) is 12.2 Å². The highest BCUT2D eigenvalue weighted by atomic mass is 16.5. The second-order valence-electron chi connectivity index (χ2n) is 9.34. The summed E-state index contributed by atoms with van der Waals surface area (Å²) in [6.45, 7) is 7.72. The topological polar surface area (TPSA) is 96.5 Å². The zero-order valence-electron chi connectivity index (χ0n) is 21.2. The molecule has 0 fully saturated rings. The van der Waals surface area contributed by atoms with Crippen LogP contribution in [0.15, 0.2) is 66.9 Å². The molecule has 2 heterocycles. The van der Waals surface area contributed by atoms with Crippen molar-refractivity contribution in [1.29, 1.82) is 0 Å². The molecule has 4 unspecified atom stereocenters. The summed E-state index contributed by atoms with van der Waals surface area (Å²) in [5, 5.41) is 8.47. The summed E-state index contributed by atoms with van der Waals surface area (Å²) in [5.74, 6) is -0.898.